The van der Waals surface area contributed by atoms with Crippen LogP contribution in [-0.4, -0.2) is 36.5 Å². The van der Waals surface area contributed by atoms with E-state index in [-0.39, 0.29) is 6.10 Å². The Labute approximate surface area is 103 Å². The molecule has 0 aliphatic heterocycles. The van der Waals surface area contributed by atoms with E-state index in [0.717, 1.165) is 31.6 Å². The summed E-state index contributed by atoms with van der Waals surface area (Å²) in [5.41, 5.74) is -1.11. The highest BCUT2D eigenvalue weighted by Gasteiger charge is 2.37. The zero-order valence-electron chi connectivity index (χ0n) is 11.1. The molecule has 4 nitrogen and oxygen atoms in total. The molecule has 0 spiro atoms. The largest absolute Gasteiger partial charge is 0.479 e. The van der Waals surface area contributed by atoms with Gasteiger partial charge in [0.05, 0.1) is 6.10 Å². The second kappa shape index (κ2) is 6.36. The lowest BCUT2D eigenvalue weighted by Crippen LogP contribution is -2.43. The first-order valence-corrected chi connectivity index (χ1v) is 6.38. The van der Waals surface area contributed by atoms with Crippen LogP contribution in [0.2, 0.25) is 0 Å². The quantitative estimate of drug-likeness (QED) is 0.779. The molecular weight excluding hydrogens is 220 g/mol. The number of carboxylic acid groups (broad SMARTS) is 1. The Balaban J connectivity index is 2.51. The van der Waals surface area contributed by atoms with Gasteiger partial charge in [-0.3, -0.25) is 0 Å². The number of hydrogen-bond acceptors (Lipinski definition) is 3. The van der Waals surface area contributed by atoms with Crippen molar-refractivity contribution in [1.82, 2.24) is 0 Å². The molecule has 1 rings (SSSR count). The minimum Gasteiger partial charge on any atom is -0.479 e. The molecule has 0 saturated heterocycles. The van der Waals surface area contributed by atoms with Crippen molar-refractivity contribution in [1.29, 1.82) is 0 Å². The molecule has 1 N–H and O–H groups in total. The van der Waals surface area contributed by atoms with Gasteiger partial charge in [0.15, 0.2) is 5.60 Å². The average molecular weight is 244 g/mol. The average Bonchev–Trinajstić information content (AvgIpc) is 2.29. The molecule has 4 heteroatoms. The summed E-state index contributed by atoms with van der Waals surface area (Å²) in [6.07, 6.45) is 4.68. The molecule has 1 atom stereocenters. The van der Waals surface area contributed by atoms with Gasteiger partial charge in [0.1, 0.15) is 0 Å². The SMILES string of the molecule is COCCC(C)(OC1CCC(C)CC1)C(=O)O. The van der Waals surface area contributed by atoms with Crippen LogP contribution in [0.1, 0.15) is 46.0 Å². The maximum Gasteiger partial charge on any atom is 0.335 e. The topological polar surface area (TPSA) is 55.8 Å². The minimum absolute atomic E-state index is 0.0872. The molecule has 1 fully saturated rings. The van der Waals surface area contributed by atoms with Gasteiger partial charge in [-0.05, 0) is 38.5 Å². The molecule has 1 aliphatic carbocycles. The van der Waals surface area contributed by atoms with Crippen LogP contribution < -0.4 is 0 Å². The van der Waals surface area contributed by atoms with Crippen molar-refractivity contribution in [2.45, 2.75) is 57.7 Å². The lowest BCUT2D eigenvalue weighted by atomic mass is 9.88. The maximum atomic E-state index is 11.3. The maximum absolute atomic E-state index is 11.3. The molecular formula is C13H24O4. The Kier molecular flexibility index (Phi) is 5.40. The predicted octanol–water partition coefficient (Wildman–Crippen LogP) is 2.46. The summed E-state index contributed by atoms with van der Waals surface area (Å²) in [4.78, 5) is 11.3. The number of hydrogen-bond donors (Lipinski definition) is 1. The Hall–Kier alpha value is -0.610. The fourth-order valence-electron chi connectivity index (χ4n) is 2.23. The molecule has 0 heterocycles. The first-order valence-electron chi connectivity index (χ1n) is 6.38. The van der Waals surface area contributed by atoms with E-state index >= 15 is 0 Å². The first kappa shape index (κ1) is 14.5. The summed E-state index contributed by atoms with van der Waals surface area (Å²) >= 11 is 0. The van der Waals surface area contributed by atoms with Gasteiger partial charge in [-0.25, -0.2) is 4.79 Å². The van der Waals surface area contributed by atoms with Crippen LogP contribution in [0.3, 0.4) is 0 Å². The first-order chi connectivity index (χ1) is 7.98. The smallest absolute Gasteiger partial charge is 0.335 e. The zero-order valence-corrected chi connectivity index (χ0v) is 11.1. The predicted molar refractivity (Wildman–Crippen MR) is 65.0 cm³/mol. The van der Waals surface area contributed by atoms with Crippen LogP contribution in [0.15, 0.2) is 0 Å². The van der Waals surface area contributed by atoms with Crippen LogP contribution in [0.25, 0.3) is 0 Å². The van der Waals surface area contributed by atoms with Crippen LogP contribution in [0.5, 0.6) is 0 Å². The summed E-state index contributed by atoms with van der Waals surface area (Å²) in [5.74, 6) is -0.155. The van der Waals surface area contributed by atoms with Gasteiger partial charge in [0.2, 0.25) is 0 Å². The van der Waals surface area contributed by atoms with Gasteiger partial charge in [-0.1, -0.05) is 6.92 Å². The molecule has 0 bridgehead atoms. The zero-order chi connectivity index (χ0) is 12.9. The van der Waals surface area contributed by atoms with Gasteiger partial charge in [-0.2, -0.15) is 0 Å². The van der Waals surface area contributed by atoms with Gasteiger partial charge < -0.3 is 14.6 Å². The van der Waals surface area contributed by atoms with Crippen molar-refractivity contribution in [3.05, 3.63) is 0 Å². The van der Waals surface area contributed by atoms with Crippen molar-refractivity contribution >= 4 is 5.97 Å². The molecule has 17 heavy (non-hydrogen) atoms. The van der Waals surface area contributed by atoms with Crippen LogP contribution in [0, 0.1) is 5.92 Å². The minimum atomic E-state index is -1.11. The molecule has 0 aromatic rings. The fourth-order valence-corrected chi connectivity index (χ4v) is 2.23. The molecule has 0 radical (unpaired) electrons. The highest BCUT2D eigenvalue weighted by molar-refractivity contribution is 5.76. The second-order valence-corrected chi connectivity index (χ2v) is 5.28. The van der Waals surface area contributed by atoms with Crippen LogP contribution in [-0.2, 0) is 14.3 Å². The van der Waals surface area contributed by atoms with Crippen molar-refractivity contribution in [3.63, 3.8) is 0 Å². The van der Waals surface area contributed by atoms with Crippen molar-refractivity contribution in [2.75, 3.05) is 13.7 Å². The number of rotatable bonds is 6. The van der Waals surface area contributed by atoms with E-state index in [1.807, 2.05) is 0 Å². The van der Waals surface area contributed by atoms with E-state index in [9.17, 15) is 9.90 Å². The number of aliphatic carboxylic acids is 1. The van der Waals surface area contributed by atoms with Crippen LogP contribution in [0.4, 0.5) is 0 Å². The Bertz CT molecular complexity index is 246. The highest BCUT2D eigenvalue weighted by Crippen LogP contribution is 2.30. The second-order valence-electron chi connectivity index (χ2n) is 5.28. The molecule has 0 aromatic heterocycles. The normalized spacial score (nSPS) is 28.6. The number of carbonyl (C=O) groups is 1. The summed E-state index contributed by atoms with van der Waals surface area (Å²) in [5, 5.41) is 9.26. The number of ether oxygens (including phenoxy) is 2. The van der Waals surface area contributed by atoms with E-state index in [1.165, 1.54) is 0 Å². The Morgan fingerprint density at radius 3 is 2.41 bits per heavy atom. The summed E-state index contributed by atoms with van der Waals surface area (Å²) in [6, 6.07) is 0. The molecule has 1 unspecified atom stereocenters. The van der Waals surface area contributed by atoms with Crippen molar-refractivity contribution in [2.24, 2.45) is 5.92 Å². The van der Waals surface area contributed by atoms with Gasteiger partial charge in [-0.15, -0.1) is 0 Å². The van der Waals surface area contributed by atoms with E-state index < -0.39 is 11.6 Å². The Morgan fingerprint density at radius 2 is 1.94 bits per heavy atom. The summed E-state index contributed by atoms with van der Waals surface area (Å²) < 4.78 is 10.8. The van der Waals surface area contributed by atoms with Gasteiger partial charge >= 0.3 is 5.97 Å². The van der Waals surface area contributed by atoms with E-state index in [2.05, 4.69) is 6.92 Å². The van der Waals surface area contributed by atoms with Crippen LogP contribution >= 0.6 is 0 Å². The van der Waals surface area contributed by atoms with E-state index in [1.54, 1.807) is 14.0 Å². The van der Waals surface area contributed by atoms with Gasteiger partial charge in [0.25, 0.3) is 0 Å². The van der Waals surface area contributed by atoms with E-state index in [0.29, 0.717) is 13.0 Å². The summed E-state index contributed by atoms with van der Waals surface area (Å²) in [6.45, 7) is 4.29. The third-order valence-corrected chi connectivity index (χ3v) is 3.63. The number of carboxylic acids is 1. The molecule has 1 saturated carbocycles. The van der Waals surface area contributed by atoms with Crippen molar-refractivity contribution < 1.29 is 19.4 Å². The monoisotopic (exact) mass is 244 g/mol. The standard InChI is InChI=1S/C13H24O4/c1-10-4-6-11(7-5-10)17-13(2,12(14)15)8-9-16-3/h10-11H,4-9H2,1-3H3,(H,14,15). The highest BCUT2D eigenvalue weighted by atomic mass is 16.5. The van der Waals surface area contributed by atoms with E-state index in [4.69, 9.17) is 9.47 Å². The third-order valence-electron chi connectivity index (χ3n) is 3.63. The molecule has 1 aliphatic rings. The lowest BCUT2D eigenvalue weighted by molar-refractivity contribution is -0.176. The van der Waals surface area contributed by atoms with Crippen molar-refractivity contribution in [3.8, 4) is 0 Å². The molecule has 0 amide bonds. The Morgan fingerprint density at radius 1 is 1.35 bits per heavy atom. The van der Waals surface area contributed by atoms with Gasteiger partial charge in [0, 0.05) is 20.1 Å². The lowest BCUT2D eigenvalue weighted by Gasteiger charge is -2.34. The molecule has 0 aromatic carbocycles. The molecule has 100 valence electrons. The fraction of sp³-hybridized carbons (Fsp3) is 0.923. The number of methoxy groups -OCH3 is 1. The third kappa shape index (κ3) is 4.28. The summed E-state index contributed by atoms with van der Waals surface area (Å²) in [7, 11) is 1.57.